The molecular formula is C21H22N4O5. The summed E-state index contributed by atoms with van der Waals surface area (Å²) in [6, 6.07) is 12.8. The van der Waals surface area contributed by atoms with Crippen molar-refractivity contribution in [1.82, 2.24) is 0 Å². The third-order valence-electron chi connectivity index (χ3n) is 5.08. The minimum absolute atomic E-state index is 0.00983. The third kappa shape index (κ3) is 5.06. The first kappa shape index (κ1) is 21.1. The molecule has 9 heteroatoms. The molecule has 9 nitrogen and oxygen atoms in total. The summed E-state index contributed by atoms with van der Waals surface area (Å²) in [5.74, 6) is 0. The molecule has 0 aromatic heterocycles. The second-order valence-electron chi connectivity index (χ2n) is 7.16. The summed E-state index contributed by atoms with van der Waals surface area (Å²) in [6.45, 7) is 0. The van der Waals surface area contributed by atoms with Gasteiger partial charge in [-0.3, -0.25) is 25.7 Å². The van der Waals surface area contributed by atoms with E-state index in [2.05, 4.69) is 10.5 Å². The van der Waals surface area contributed by atoms with Crippen LogP contribution in [0.2, 0.25) is 0 Å². The van der Waals surface area contributed by atoms with Gasteiger partial charge in [-0.15, -0.1) is 0 Å². The van der Waals surface area contributed by atoms with E-state index in [1.807, 2.05) is 36.4 Å². The van der Waals surface area contributed by atoms with Gasteiger partial charge in [-0.25, -0.2) is 0 Å². The molecule has 1 aliphatic rings. The summed E-state index contributed by atoms with van der Waals surface area (Å²) in [5, 5.41) is 37.7. The van der Waals surface area contributed by atoms with E-state index >= 15 is 0 Å². The number of rotatable bonds is 7. The second-order valence-corrected chi connectivity index (χ2v) is 7.16. The van der Waals surface area contributed by atoms with Gasteiger partial charge in [0.15, 0.2) is 0 Å². The largest absolute Gasteiger partial charge is 0.383 e. The smallest absolute Gasteiger partial charge is 0.301 e. The molecule has 1 fully saturated rings. The van der Waals surface area contributed by atoms with Crippen molar-refractivity contribution >= 4 is 28.8 Å². The lowest BCUT2D eigenvalue weighted by Gasteiger charge is -2.32. The van der Waals surface area contributed by atoms with Crippen molar-refractivity contribution < 1.29 is 15.0 Å². The average Bonchev–Trinajstić information content (AvgIpc) is 2.74. The van der Waals surface area contributed by atoms with Crippen LogP contribution in [0.5, 0.6) is 0 Å². The monoisotopic (exact) mass is 410 g/mol. The van der Waals surface area contributed by atoms with E-state index in [4.69, 9.17) is 0 Å². The van der Waals surface area contributed by atoms with Gasteiger partial charge in [0.1, 0.15) is 11.3 Å². The Kier molecular flexibility index (Phi) is 6.53. The van der Waals surface area contributed by atoms with Crippen LogP contribution in [-0.2, 0) is 0 Å². The number of nitro groups is 2. The van der Waals surface area contributed by atoms with E-state index in [1.165, 1.54) is 12.1 Å². The highest BCUT2D eigenvalue weighted by Crippen LogP contribution is 2.32. The standard InChI is InChI=1S/C21H22N4O5/c26-21(13-5-2-6-14-21)20(12-9-16-7-3-1-4-8-16)23-22-18-11-10-17(24(27)28)15-19(18)25(29)30/h1,3-4,7-12,15,22,26H,2,5-6,13-14H2/b12-9+,23-20+. The van der Waals surface area contributed by atoms with Crippen molar-refractivity contribution in [3.8, 4) is 0 Å². The van der Waals surface area contributed by atoms with Crippen LogP contribution in [0.15, 0.2) is 59.7 Å². The number of aliphatic hydroxyl groups is 1. The maximum Gasteiger partial charge on any atom is 0.301 e. The molecule has 3 rings (SSSR count). The van der Waals surface area contributed by atoms with E-state index in [-0.39, 0.29) is 11.4 Å². The normalized spacial score (nSPS) is 16.4. The maximum atomic E-state index is 11.3. The first-order valence-corrected chi connectivity index (χ1v) is 9.61. The van der Waals surface area contributed by atoms with Gasteiger partial charge in [-0.05, 0) is 30.5 Å². The van der Waals surface area contributed by atoms with Gasteiger partial charge in [0.25, 0.3) is 5.69 Å². The predicted molar refractivity (Wildman–Crippen MR) is 114 cm³/mol. The van der Waals surface area contributed by atoms with Gasteiger partial charge < -0.3 is 5.11 Å². The summed E-state index contributed by atoms with van der Waals surface area (Å²) >= 11 is 0. The van der Waals surface area contributed by atoms with Crippen LogP contribution in [-0.4, -0.2) is 26.3 Å². The molecule has 0 saturated heterocycles. The topological polar surface area (TPSA) is 131 Å². The van der Waals surface area contributed by atoms with Crippen LogP contribution >= 0.6 is 0 Å². The Morgan fingerprint density at radius 3 is 2.37 bits per heavy atom. The molecule has 2 aromatic carbocycles. The van der Waals surface area contributed by atoms with Crippen LogP contribution in [0.4, 0.5) is 17.1 Å². The van der Waals surface area contributed by atoms with E-state index in [9.17, 15) is 25.3 Å². The SMILES string of the molecule is O=[N+]([O-])c1ccc(N/N=C(\C=C\c2ccccc2)C2(O)CCCCC2)c([N+](=O)[O-])c1. The predicted octanol–water partition coefficient (Wildman–Crippen LogP) is 4.68. The Bertz CT molecular complexity index is 982. The van der Waals surface area contributed by atoms with Crippen LogP contribution in [0.3, 0.4) is 0 Å². The van der Waals surface area contributed by atoms with Gasteiger partial charge >= 0.3 is 5.69 Å². The molecule has 0 aliphatic heterocycles. The molecule has 0 atom stereocenters. The second kappa shape index (κ2) is 9.27. The molecule has 0 unspecified atom stereocenters. The van der Waals surface area contributed by atoms with E-state index in [1.54, 1.807) is 6.08 Å². The molecular weight excluding hydrogens is 388 g/mol. The molecule has 0 radical (unpaired) electrons. The zero-order chi connectivity index (χ0) is 21.6. The van der Waals surface area contributed by atoms with Crippen molar-refractivity contribution in [3.63, 3.8) is 0 Å². The van der Waals surface area contributed by atoms with Gasteiger partial charge in [0, 0.05) is 6.07 Å². The Balaban J connectivity index is 1.94. The number of anilines is 1. The highest BCUT2D eigenvalue weighted by molar-refractivity contribution is 6.04. The van der Waals surface area contributed by atoms with E-state index in [0.29, 0.717) is 18.6 Å². The number of hydrogen-bond acceptors (Lipinski definition) is 7. The Morgan fingerprint density at radius 1 is 1.03 bits per heavy atom. The molecule has 1 saturated carbocycles. The lowest BCUT2D eigenvalue weighted by Crippen LogP contribution is -2.40. The summed E-state index contributed by atoms with van der Waals surface area (Å²) in [6.07, 6.45) is 7.32. The van der Waals surface area contributed by atoms with Crippen molar-refractivity contribution in [2.45, 2.75) is 37.7 Å². The van der Waals surface area contributed by atoms with Crippen molar-refractivity contribution in [2.75, 3.05) is 5.43 Å². The van der Waals surface area contributed by atoms with Gasteiger partial charge in [-0.1, -0.05) is 55.7 Å². The quantitative estimate of drug-likeness (QED) is 0.387. The first-order chi connectivity index (χ1) is 14.4. The molecule has 1 aliphatic carbocycles. The number of hydrogen-bond donors (Lipinski definition) is 2. The first-order valence-electron chi connectivity index (χ1n) is 9.61. The zero-order valence-corrected chi connectivity index (χ0v) is 16.2. The van der Waals surface area contributed by atoms with E-state index < -0.39 is 21.1 Å². The maximum absolute atomic E-state index is 11.3. The summed E-state index contributed by atoms with van der Waals surface area (Å²) < 4.78 is 0. The average molecular weight is 410 g/mol. The Labute approximate surface area is 173 Å². The molecule has 30 heavy (non-hydrogen) atoms. The van der Waals surface area contributed by atoms with Crippen LogP contribution < -0.4 is 5.43 Å². The fourth-order valence-electron chi connectivity index (χ4n) is 3.43. The summed E-state index contributed by atoms with van der Waals surface area (Å²) in [4.78, 5) is 20.9. The fraction of sp³-hybridized carbons (Fsp3) is 0.286. The van der Waals surface area contributed by atoms with Crippen molar-refractivity contribution in [3.05, 3.63) is 80.4 Å². The minimum Gasteiger partial charge on any atom is -0.383 e. The Hall–Kier alpha value is -3.59. The number of benzene rings is 2. The molecule has 156 valence electrons. The molecule has 0 spiro atoms. The van der Waals surface area contributed by atoms with Gasteiger partial charge in [0.2, 0.25) is 0 Å². The summed E-state index contributed by atoms with van der Waals surface area (Å²) in [7, 11) is 0. The molecule has 0 heterocycles. The third-order valence-corrected chi connectivity index (χ3v) is 5.08. The molecule has 2 aromatic rings. The minimum atomic E-state index is -1.15. The Morgan fingerprint density at radius 2 is 1.73 bits per heavy atom. The van der Waals surface area contributed by atoms with E-state index in [0.717, 1.165) is 30.9 Å². The highest BCUT2D eigenvalue weighted by Gasteiger charge is 2.34. The lowest BCUT2D eigenvalue weighted by atomic mass is 9.81. The number of nitrogens with one attached hydrogen (secondary N) is 1. The zero-order valence-electron chi connectivity index (χ0n) is 16.2. The van der Waals surface area contributed by atoms with Crippen LogP contribution in [0, 0.1) is 20.2 Å². The fourth-order valence-corrected chi connectivity index (χ4v) is 3.43. The van der Waals surface area contributed by atoms with Gasteiger partial charge in [-0.2, -0.15) is 5.10 Å². The number of hydrazone groups is 1. The van der Waals surface area contributed by atoms with Crippen LogP contribution in [0.25, 0.3) is 6.08 Å². The number of nitrogens with zero attached hydrogens (tertiary/aromatic N) is 3. The molecule has 0 amide bonds. The number of non-ortho nitro benzene ring substituents is 1. The molecule has 0 bridgehead atoms. The number of nitro benzene ring substituents is 2. The van der Waals surface area contributed by atoms with Crippen molar-refractivity contribution in [2.24, 2.45) is 5.10 Å². The lowest BCUT2D eigenvalue weighted by molar-refractivity contribution is -0.393. The highest BCUT2D eigenvalue weighted by atomic mass is 16.6. The molecule has 2 N–H and O–H groups in total. The van der Waals surface area contributed by atoms with Crippen LogP contribution in [0.1, 0.15) is 37.7 Å². The van der Waals surface area contributed by atoms with Gasteiger partial charge in [0.05, 0.1) is 21.6 Å². The summed E-state index contributed by atoms with van der Waals surface area (Å²) in [5.41, 5.74) is 1.93. The van der Waals surface area contributed by atoms with Crippen molar-refractivity contribution in [1.29, 1.82) is 0 Å².